The quantitative estimate of drug-likeness (QED) is 0.191. The van der Waals surface area contributed by atoms with Gasteiger partial charge in [0.2, 0.25) is 5.88 Å². The van der Waals surface area contributed by atoms with Gasteiger partial charge in [0.1, 0.15) is 39.7 Å². The van der Waals surface area contributed by atoms with E-state index >= 15 is 4.39 Å². The van der Waals surface area contributed by atoms with Crippen LogP contribution >= 0.6 is 22.9 Å². The summed E-state index contributed by atoms with van der Waals surface area (Å²) in [7, 11) is 0. The molecule has 0 N–H and O–H groups in total. The number of nitrogens with zero attached hydrogens (tertiary/aromatic N) is 4. The lowest BCUT2D eigenvalue weighted by Crippen LogP contribution is -2.51. The molecule has 1 atom stereocenters. The van der Waals surface area contributed by atoms with E-state index in [9.17, 15) is 4.79 Å². The summed E-state index contributed by atoms with van der Waals surface area (Å²) >= 11 is 7.47. The molecule has 0 bridgehead atoms. The predicted octanol–water partition coefficient (Wildman–Crippen LogP) is 6.94. The molecule has 4 rings (SSSR count). The summed E-state index contributed by atoms with van der Waals surface area (Å²) in [5, 5.41) is 9.99. The Morgan fingerprint density at radius 3 is 2.66 bits per heavy atom. The zero-order valence-electron chi connectivity index (χ0n) is 24.0. The number of hydrogen-bond acceptors (Lipinski definition) is 9. The van der Waals surface area contributed by atoms with Crippen molar-refractivity contribution in [2.24, 2.45) is 0 Å². The number of aryl methyl sites for hydroxylation is 1. The second-order valence-corrected chi connectivity index (χ2v) is 12.3. The third kappa shape index (κ3) is 7.33. The normalized spacial score (nSPS) is 16.5. The molecule has 0 spiro atoms. The van der Waals surface area contributed by atoms with Gasteiger partial charge in [0.15, 0.2) is 11.6 Å². The number of benzene rings is 1. The molecule has 0 saturated carbocycles. The van der Waals surface area contributed by atoms with Gasteiger partial charge in [-0.2, -0.15) is 0 Å². The first-order valence-electron chi connectivity index (χ1n) is 13.2. The van der Waals surface area contributed by atoms with Crippen molar-refractivity contribution >= 4 is 29.0 Å². The molecule has 3 heterocycles. The standard InChI is InChI=1S/C29H34ClFN4O5S/c1-8-10-37-24-13-18(12-23(30)32-24)25-33-34-26(41-25)20-14-21(31)22(11-17(20)9-2)38-15-19-16-39-29(6,7)35(19)27(36)40-28(3,4)5/h8,11-14,19H,1,9-10,15-16H2,2-7H3/t19-/m0/s1. The van der Waals surface area contributed by atoms with Crippen LogP contribution in [0.15, 0.2) is 36.9 Å². The van der Waals surface area contributed by atoms with Gasteiger partial charge in [-0.25, -0.2) is 14.2 Å². The Balaban J connectivity index is 1.54. The number of aromatic nitrogens is 3. The van der Waals surface area contributed by atoms with Gasteiger partial charge in [0.05, 0.1) is 12.6 Å². The molecule has 1 fully saturated rings. The minimum atomic E-state index is -0.888. The van der Waals surface area contributed by atoms with E-state index in [0.29, 0.717) is 33.4 Å². The van der Waals surface area contributed by atoms with Crippen molar-refractivity contribution in [1.82, 2.24) is 20.1 Å². The topological polar surface area (TPSA) is 95.9 Å². The number of halogens is 2. The van der Waals surface area contributed by atoms with Crippen LogP contribution in [0.3, 0.4) is 0 Å². The van der Waals surface area contributed by atoms with Crippen LogP contribution < -0.4 is 9.47 Å². The molecule has 1 aliphatic heterocycles. The molecule has 220 valence electrons. The fourth-order valence-electron chi connectivity index (χ4n) is 4.33. The molecule has 2 aromatic heterocycles. The molecular weight excluding hydrogens is 571 g/mol. The van der Waals surface area contributed by atoms with Crippen molar-refractivity contribution in [3.8, 4) is 32.8 Å². The van der Waals surface area contributed by atoms with Crippen LogP contribution in [0.1, 0.15) is 47.1 Å². The number of amides is 1. The zero-order valence-corrected chi connectivity index (χ0v) is 25.6. The van der Waals surface area contributed by atoms with Gasteiger partial charge in [-0.1, -0.05) is 42.5 Å². The highest BCUT2D eigenvalue weighted by Crippen LogP contribution is 2.37. The predicted molar refractivity (Wildman–Crippen MR) is 156 cm³/mol. The minimum absolute atomic E-state index is 0.0319. The second kappa shape index (κ2) is 12.3. The Morgan fingerprint density at radius 2 is 1.98 bits per heavy atom. The van der Waals surface area contributed by atoms with Crippen LogP contribution in [0.25, 0.3) is 21.1 Å². The largest absolute Gasteiger partial charge is 0.488 e. The Labute approximate surface area is 248 Å². The summed E-state index contributed by atoms with van der Waals surface area (Å²) in [5.74, 6) is -0.135. The van der Waals surface area contributed by atoms with Crippen LogP contribution in [-0.4, -0.2) is 63.4 Å². The first kappa shape index (κ1) is 30.7. The lowest BCUT2D eigenvalue weighted by atomic mass is 10.0. The molecule has 0 radical (unpaired) electrons. The highest BCUT2D eigenvalue weighted by Gasteiger charge is 2.46. The Bertz CT molecular complexity index is 1420. The van der Waals surface area contributed by atoms with Gasteiger partial charge >= 0.3 is 6.09 Å². The third-order valence-corrected chi connectivity index (χ3v) is 7.36. The molecule has 12 heteroatoms. The summed E-state index contributed by atoms with van der Waals surface area (Å²) in [6, 6.07) is 5.99. The second-order valence-electron chi connectivity index (χ2n) is 10.9. The minimum Gasteiger partial charge on any atom is -0.488 e. The molecule has 1 aliphatic rings. The lowest BCUT2D eigenvalue weighted by Gasteiger charge is -2.35. The molecule has 1 aromatic carbocycles. The van der Waals surface area contributed by atoms with Crippen LogP contribution in [-0.2, 0) is 15.9 Å². The maximum atomic E-state index is 15.4. The molecule has 0 aliphatic carbocycles. The molecule has 1 saturated heterocycles. The van der Waals surface area contributed by atoms with Gasteiger partial charge in [0.25, 0.3) is 0 Å². The molecule has 1 amide bonds. The van der Waals surface area contributed by atoms with Crippen LogP contribution in [0.2, 0.25) is 5.15 Å². The van der Waals surface area contributed by atoms with E-state index in [1.54, 1.807) is 58.9 Å². The first-order chi connectivity index (χ1) is 19.3. The maximum Gasteiger partial charge on any atom is 0.413 e. The number of hydrogen-bond donors (Lipinski definition) is 0. The van der Waals surface area contributed by atoms with Gasteiger partial charge < -0.3 is 18.9 Å². The van der Waals surface area contributed by atoms with E-state index in [2.05, 4.69) is 21.8 Å². The molecule has 9 nitrogen and oxygen atoms in total. The van der Waals surface area contributed by atoms with Crippen LogP contribution in [0.5, 0.6) is 11.6 Å². The fraction of sp³-hybridized carbons (Fsp3) is 0.448. The highest BCUT2D eigenvalue weighted by atomic mass is 35.5. The number of ether oxygens (including phenoxy) is 4. The van der Waals surface area contributed by atoms with E-state index in [-0.39, 0.29) is 30.7 Å². The summed E-state index contributed by atoms with van der Waals surface area (Å²) in [5.41, 5.74) is 0.571. The van der Waals surface area contributed by atoms with E-state index < -0.39 is 29.3 Å². The van der Waals surface area contributed by atoms with Crippen LogP contribution in [0.4, 0.5) is 9.18 Å². The highest BCUT2D eigenvalue weighted by molar-refractivity contribution is 7.17. The summed E-state index contributed by atoms with van der Waals surface area (Å²) < 4.78 is 38.2. The van der Waals surface area contributed by atoms with E-state index in [0.717, 1.165) is 5.56 Å². The van der Waals surface area contributed by atoms with Crippen molar-refractivity contribution < 1.29 is 28.1 Å². The first-order valence-corrected chi connectivity index (χ1v) is 14.4. The molecule has 3 aromatic rings. The van der Waals surface area contributed by atoms with Crippen molar-refractivity contribution in [3.05, 3.63) is 53.5 Å². The van der Waals surface area contributed by atoms with Crippen molar-refractivity contribution in [3.63, 3.8) is 0 Å². The maximum absolute atomic E-state index is 15.4. The van der Waals surface area contributed by atoms with Gasteiger partial charge in [-0.15, -0.1) is 10.2 Å². The monoisotopic (exact) mass is 604 g/mol. The van der Waals surface area contributed by atoms with Gasteiger partial charge in [-0.05, 0) is 64.8 Å². The van der Waals surface area contributed by atoms with E-state index in [1.165, 1.54) is 22.3 Å². The summed E-state index contributed by atoms with van der Waals surface area (Å²) in [6.07, 6.45) is 1.70. The molecule has 41 heavy (non-hydrogen) atoms. The zero-order chi connectivity index (χ0) is 29.9. The smallest absolute Gasteiger partial charge is 0.413 e. The number of carbonyl (C=O) groups is 1. The Hall–Kier alpha value is -3.28. The Kier molecular flexibility index (Phi) is 9.20. The average Bonchev–Trinajstić information content (AvgIpc) is 3.49. The number of carbonyl (C=O) groups excluding carboxylic acids is 1. The Morgan fingerprint density at radius 1 is 1.24 bits per heavy atom. The molecular formula is C29H34ClFN4O5S. The van der Waals surface area contributed by atoms with Gasteiger partial charge in [-0.3, -0.25) is 4.90 Å². The lowest BCUT2D eigenvalue weighted by molar-refractivity contribution is -0.0637. The van der Waals surface area contributed by atoms with E-state index in [1.807, 2.05) is 6.92 Å². The van der Waals surface area contributed by atoms with Crippen LogP contribution in [0, 0.1) is 5.82 Å². The average molecular weight is 605 g/mol. The van der Waals surface area contributed by atoms with Crippen molar-refractivity contribution in [2.75, 3.05) is 19.8 Å². The third-order valence-electron chi connectivity index (χ3n) is 6.16. The molecule has 0 unspecified atom stereocenters. The van der Waals surface area contributed by atoms with Crippen molar-refractivity contribution in [2.45, 2.75) is 65.3 Å². The van der Waals surface area contributed by atoms with Gasteiger partial charge in [0, 0.05) is 17.2 Å². The SMILES string of the molecule is C=CCOc1cc(-c2nnc(-c3cc(F)c(OC[C@H]4COC(C)(C)N4C(=O)OC(C)(C)C)cc3CC)s2)cc(Cl)n1. The van der Waals surface area contributed by atoms with Crippen molar-refractivity contribution in [1.29, 1.82) is 0 Å². The fourth-order valence-corrected chi connectivity index (χ4v) is 5.42. The summed E-state index contributed by atoms with van der Waals surface area (Å²) in [6.45, 7) is 15.1. The number of pyridine rings is 1. The summed E-state index contributed by atoms with van der Waals surface area (Å²) in [4.78, 5) is 18.6. The number of rotatable bonds is 9. The van der Waals surface area contributed by atoms with E-state index in [4.69, 9.17) is 30.5 Å².